The highest BCUT2D eigenvalue weighted by molar-refractivity contribution is 5.77. The van der Waals surface area contributed by atoms with E-state index in [-0.39, 0.29) is 12.5 Å². The molecule has 0 heterocycles. The molecule has 1 atom stereocenters. The molecule has 0 fully saturated rings. The van der Waals surface area contributed by atoms with E-state index >= 15 is 0 Å². The van der Waals surface area contributed by atoms with Crippen LogP contribution in [0.15, 0.2) is 18.2 Å². The number of hydrogen-bond acceptors (Lipinski definition) is 3. The highest BCUT2D eigenvalue weighted by Gasteiger charge is 2.18. The van der Waals surface area contributed by atoms with Gasteiger partial charge in [0.25, 0.3) is 5.91 Å². The summed E-state index contributed by atoms with van der Waals surface area (Å²) in [6.07, 6.45) is 4.47. The van der Waals surface area contributed by atoms with E-state index in [0.717, 1.165) is 37.7 Å². The second-order valence-corrected chi connectivity index (χ2v) is 5.26. The minimum atomic E-state index is -0.402. The summed E-state index contributed by atoms with van der Waals surface area (Å²) < 4.78 is 5.49. The molecule has 4 nitrogen and oxygen atoms in total. The van der Waals surface area contributed by atoms with Crippen LogP contribution >= 0.6 is 0 Å². The van der Waals surface area contributed by atoms with Crippen molar-refractivity contribution in [2.24, 2.45) is 0 Å². The van der Waals surface area contributed by atoms with Crippen molar-refractivity contribution in [2.75, 3.05) is 13.2 Å². The summed E-state index contributed by atoms with van der Waals surface area (Å²) in [5.41, 5.74) is 2.13. The van der Waals surface area contributed by atoms with Gasteiger partial charge in [0.05, 0.1) is 6.10 Å². The average Bonchev–Trinajstić information content (AvgIpc) is 2.46. The zero-order valence-electron chi connectivity index (χ0n) is 12.0. The molecule has 20 heavy (non-hydrogen) atoms. The number of unbranched alkanes of at least 4 members (excludes halogenated alkanes) is 1. The largest absolute Gasteiger partial charge is 0.484 e. The van der Waals surface area contributed by atoms with Crippen molar-refractivity contribution in [2.45, 2.75) is 45.1 Å². The van der Waals surface area contributed by atoms with Gasteiger partial charge in [-0.05, 0) is 48.9 Å². The number of fused-ring (bicyclic) bond motifs is 1. The van der Waals surface area contributed by atoms with Gasteiger partial charge in [0, 0.05) is 6.54 Å². The fourth-order valence-corrected chi connectivity index (χ4v) is 2.45. The van der Waals surface area contributed by atoms with E-state index in [1.807, 2.05) is 18.2 Å². The molecule has 1 aliphatic carbocycles. The number of amides is 1. The van der Waals surface area contributed by atoms with Crippen molar-refractivity contribution >= 4 is 5.91 Å². The van der Waals surface area contributed by atoms with Crippen LogP contribution in [0.5, 0.6) is 5.75 Å². The van der Waals surface area contributed by atoms with Gasteiger partial charge in [0.15, 0.2) is 6.61 Å². The fraction of sp³-hybridized carbons (Fsp3) is 0.562. The highest BCUT2D eigenvalue weighted by Crippen LogP contribution is 2.32. The van der Waals surface area contributed by atoms with E-state index in [4.69, 9.17) is 4.74 Å². The Morgan fingerprint density at radius 3 is 3.15 bits per heavy atom. The first-order chi connectivity index (χ1) is 9.70. The van der Waals surface area contributed by atoms with Crippen LogP contribution < -0.4 is 10.1 Å². The Labute approximate surface area is 120 Å². The van der Waals surface area contributed by atoms with Crippen LogP contribution in [0.3, 0.4) is 0 Å². The lowest BCUT2D eigenvalue weighted by Gasteiger charge is -2.21. The van der Waals surface area contributed by atoms with E-state index in [2.05, 4.69) is 12.2 Å². The molecule has 1 aliphatic rings. The Hall–Kier alpha value is -1.55. The zero-order chi connectivity index (χ0) is 14.4. The third kappa shape index (κ3) is 3.97. The number of aliphatic hydroxyl groups excluding tert-OH is 1. The second-order valence-electron chi connectivity index (χ2n) is 5.26. The summed E-state index contributed by atoms with van der Waals surface area (Å²) in [7, 11) is 0. The molecule has 0 aromatic heterocycles. The summed E-state index contributed by atoms with van der Waals surface area (Å²) in [5, 5.41) is 12.8. The van der Waals surface area contributed by atoms with Gasteiger partial charge in [0.2, 0.25) is 0 Å². The predicted molar refractivity (Wildman–Crippen MR) is 77.8 cm³/mol. The standard InChI is InChI=1S/C16H23NO3/c1-2-3-9-17-16(19)11-20-13-8-7-12-5-4-6-15(18)14(12)10-13/h7-8,10,15,18H,2-6,9,11H2,1H3,(H,17,19)/t15-/m1/s1. The predicted octanol–water partition coefficient (Wildman–Crippen LogP) is 2.35. The van der Waals surface area contributed by atoms with Crippen LogP contribution in [0.1, 0.15) is 49.8 Å². The molecule has 1 aromatic rings. The number of aryl methyl sites for hydroxylation is 1. The molecule has 0 radical (unpaired) electrons. The number of hydrogen-bond donors (Lipinski definition) is 2. The Balaban J connectivity index is 1.87. The minimum Gasteiger partial charge on any atom is -0.484 e. The summed E-state index contributed by atoms with van der Waals surface area (Å²) in [6.45, 7) is 2.81. The van der Waals surface area contributed by atoms with Gasteiger partial charge in [0.1, 0.15) is 5.75 Å². The molecule has 0 aliphatic heterocycles. The number of rotatable bonds is 6. The van der Waals surface area contributed by atoms with Gasteiger partial charge in [-0.15, -0.1) is 0 Å². The molecule has 2 rings (SSSR count). The number of aliphatic hydroxyl groups is 1. The van der Waals surface area contributed by atoms with Crippen molar-refractivity contribution in [3.8, 4) is 5.75 Å². The first-order valence-corrected chi connectivity index (χ1v) is 7.41. The number of ether oxygens (including phenoxy) is 1. The van der Waals surface area contributed by atoms with Crippen LogP contribution in [0.4, 0.5) is 0 Å². The SMILES string of the molecule is CCCCNC(=O)COc1ccc2c(c1)[C@H](O)CCC2. The van der Waals surface area contributed by atoms with Crippen LogP contribution in [0.25, 0.3) is 0 Å². The fourth-order valence-electron chi connectivity index (χ4n) is 2.45. The lowest BCUT2D eigenvalue weighted by Crippen LogP contribution is -2.29. The molecular weight excluding hydrogens is 254 g/mol. The zero-order valence-corrected chi connectivity index (χ0v) is 12.0. The molecular formula is C16H23NO3. The van der Waals surface area contributed by atoms with Gasteiger partial charge in [-0.3, -0.25) is 4.79 Å². The van der Waals surface area contributed by atoms with Crippen molar-refractivity contribution in [1.82, 2.24) is 5.32 Å². The normalized spacial score (nSPS) is 17.4. The Morgan fingerprint density at radius 1 is 1.50 bits per heavy atom. The molecule has 1 aromatic carbocycles. The number of nitrogens with one attached hydrogen (secondary N) is 1. The molecule has 0 unspecified atom stereocenters. The van der Waals surface area contributed by atoms with Crippen molar-refractivity contribution in [3.05, 3.63) is 29.3 Å². The van der Waals surface area contributed by atoms with Crippen LogP contribution in [-0.2, 0) is 11.2 Å². The third-order valence-electron chi connectivity index (χ3n) is 3.62. The highest BCUT2D eigenvalue weighted by atomic mass is 16.5. The maximum atomic E-state index is 11.6. The van der Waals surface area contributed by atoms with Gasteiger partial charge in [-0.2, -0.15) is 0 Å². The molecule has 110 valence electrons. The Kier molecular flexibility index (Phi) is 5.41. The molecule has 0 saturated carbocycles. The van der Waals surface area contributed by atoms with Crippen molar-refractivity contribution in [1.29, 1.82) is 0 Å². The maximum Gasteiger partial charge on any atom is 0.257 e. The smallest absolute Gasteiger partial charge is 0.257 e. The van der Waals surface area contributed by atoms with Gasteiger partial charge in [-0.1, -0.05) is 19.4 Å². The van der Waals surface area contributed by atoms with E-state index in [1.54, 1.807) is 0 Å². The van der Waals surface area contributed by atoms with Crippen molar-refractivity contribution in [3.63, 3.8) is 0 Å². The van der Waals surface area contributed by atoms with E-state index in [0.29, 0.717) is 12.3 Å². The second kappa shape index (κ2) is 7.29. The molecule has 0 bridgehead atoms. The quantitative estimate of drug-likeness (QED) is 0.785. The van der Waals surface area contributed by atoms with E-state index in [1.165, 1.54) is 5.56 Å². The molecule has 4 heteroatoms. The number of carbonyl (C=O) groups excluding carboxylic acids is 1. The summed E-state index contributed by atoms with van der Waals surface area (Å²) in [6, 6.07) is 5.72. The lowest BCUT2D eigenvalue weighted by atomic mass is 9.89. The summed E-state index contributed by atoms with van der Waals surface area (Å²) in [4.78, 5) is 11.6. The minimum absolute atomic E-state index is 0.0264. The Bertz CT molecular complexity index is 459. The summed E-state index contributed by atoms with van der Waals surface area (Å²) in [5.74, 6) is 0.548. The van der Waals surface area contributed by atoms with Crippen LogP contribution in [0, 0.1) is 0 Å². The third-order valence-corrected chi connectivity index (χ3v) is 3.62. The molecule has 2 N–H and O–H groups in total. The first kappa shape index (κ1) is 14.9. The maximum absolute atomic E-state index is 11.6. The first-order valence-electron chi connectivity index (χ1n) is 7.41. The van der Waals surface area contributed by atoms with E-state index < -0.39 is 6.10 Å². The number of benzene rings is 1. The number of carbonyl (C=O) groups is 1. The van der Waals surface area contributed by atoms with Gasteiger partial charge >= 0.3 is 0 Å². The van der Waals surface area contributed by atoms with Gasteiger partial charge < -0.3 is 15.2 Å². The van der Waals surface area contributed by atoms with E-state index in [9.17, 15) is 9.90 Å². The van der Waals surface area contributed by atoms with Crippen molar-refractivity contribution < 1.29 is 14.6 Å². The molecule has 1 amide bonds. The monoisotopic (exact) mass is 277 g/mol. The van der Waals surface area contributed by atoms with Crippen LogP contribution in [-0.4, -0.2) is 24.2 Å². The molecule has 0 saturated heterocycles. The average molecular weight is 277 g/mol. The lowest BCUT2D eigenvalue weighted by molar-refractivity contribution is -0.123. The molecule has 0 spiro atoms. The van der Waals surface area contributed by atoms with Crippen LogP contribution in [0.2, 0.25) is 0 Å². The topological polar surface area (TPSA) is 58.6 Å². The Morgan fingerprint density at radius 2 is 2.35 bits per heavy atom. The van der Waals surface area contributed by atoms with Gasteiger partial charge in [-0.25, -0.2) is 0 Å². The summed E-state index contributed by atoms with van der Waals surface area (Å²) >= 11 is 0.